The summed E-state index contributed by atoms with van der Waals surface area (Å²) in [5, 5.41) is 0.780. The van der Waals surface area contributed by atoms with Gasteiger partial charge in [-0.25, -0.2) is 14.8 Å². The number of Topliss-reactive ketones (excluding diaryl/α,β-unsaturated/α-hetero) is 1. The van der Waals surface area contributed by atoms with Gasteiger partial charge in [0.1, 0.15) is 5.82 Å². The molecule has 0 saturated carbocycles. The van der Waals surface area contributed by atoms with Crippen LogP contribution in [0, 0.1) is 6.92 Å². The second kappa shape index (κ2) is 7.44. The Morgan fingerprint density at radius 3 is 2.54 bits per heavy atom. The van der Waals surface area contributed by atoms with Crippen molar-refractivity contribution in [2.45, 2.75) is 13.0 Å². The van der Waals surface area contributed by atoms with E-state index in [1.807, 2.05) is 30.3 Å². The highest BCUT2D eigenvalue weighted by atomic mass is 16.5. The number of benzene rings is 2. The van der Waals surface area contributed by atoms with Crippen LogP contribution in [0.15, 0.2) is 73.1 Å². The number of hydrogen-bond acceptors (Lipinski definition) is 5. The molecule has 138 valence electrons. The van der Waals surface area contributed by atoms with Gasteiger partial charge in [0.2, 0.25) is 5.78 Å². The van der Waals surface area contributed by atoms with Crippen molar-refractivity contribution in [2.24, 2.45) is 0 Å². The standard InChI is InChI=1S/C22H17N3O3/c1-14-23-12-11-19(25-14)22(27)28-21(15-7-3-2-4-8-15)20(26)17-13-24-18-10-6-5-9-16(17)18/h2-13,21,24H,1H3/t21-/m0/s1. The van der Waals surface area contributed by atoms with Gasteiger partial charge in [-0.05, 0) is 19.1 Å². The van der Waals surface area contributed by atoms with Crippen LogP contribution in [0.5, 0.6) is 0 Å². The first kappa shape index (κ1) is 17.6. The highest BCUT2D eigenvalue weighted by molar-refractivity contribution is 6.10. The van der Waals surface area contributed by atoms with Crippen molar-refractivity contribution in [3.8, 4) is 0 Å². The number of fused-ring (bicyclic) bond motifs is 1. The van der Waals surface area contributed by atoms with Crippen LogP contribution in [-0.4, -0.2) is 26.7 Å². The largest absolute Gasteiger partial charge is 0.444 e. The summed E-state index contributed by atoms with van der Waals surface area (Å²) in [4.78, 5) is 37.1. The first-order chi connectivity index (χ1) is 13.6. The Morgan fingerprint density at radius 2 is 1.75 bits per heavy atom. The maximum Gasteiger partial charge on any atom is 0.358 e. The maximum absolute atomic E-state index is 13.3. The van der Waals surface area contributed by atoms with E-state index in [1.165, 1.54) is 12.3 Å². The Hall–Kier alpha value is -3.80. The van der Waals surface area contributed by atoms with Crippen LogP contribution in [-0.2, 0) is 4.74 Å². The molecule has 1 N–H and O–H groups in total. The summed E-state index contributed by atoms with van der Waals surface area (Å²) < 4.78 is 5.62. The fourth-order valence-corrected chi connectivity index (χ4v) is 3.05. The number of nitrogens with one attached hydrogen (secondary N) is 1. The predicted molar refractivity (Wildman–Crippen MR) is 104 cm³/mol. The fourth-order valence-electron chi connectivity index (χ4n) is 3.05. The van der Waals surface area contributed by atoms with E-state index >= 15 is 0 Å². The summed E-state index contributed by atoms with van der Waals surface area (Å²) >= 11 is 0. The van der Waals surface area contributed by atoms with Gasteiger partial charge in [-0.2, -0.15) is 0 Å². The van der Waals surface area contributed by atoms with Crippen LogP contribution in [0.25, 0.3) is 10.9 Å². The van der Waals surface area contributed by atoms with Gasteiger partial charge in [-0.1, -0.05) is 48.5 Å². The number of esters is 1. The Bertz CT molecular complexity index is 1150. The summed E-state index contributed by atoms with van der Waals surface area (Å²) in [5.41, 5.74) is 2.02. The zero-order chi connectivity index (χ0) is 19.5. The molecule has 2 aromatic carbocycles. The molecule has 2 aromatic heterocycles. The molecular weight excluding hydrogens is 354 g/mol. The minimum absolute atomic E-state index is 0.111. The van der Waals surface area contributed by atoms with E-state index in [0.29, 0.717) is 17.0 Å². The summed E-state index contributed by atoms with van der Waals surface area (Å²) in [5.74, 6) is -0.524. The summed E-state index contributed by atoms with van der Waals surface area (Å²) in [6.07, 6.45) is 2.05. The van der Waals surface area contributed by atoms with Gasteiger partial charge in [0.15, 0.2) is 11.8 Å². The van der Waals surface area contributed by atoms with Gasteiger partial charge in [0.25, 0.3) is 0 Å². The van der Waals surface area contributed by atoms with E-state index in [4.69, 9.17) is 4.74 Å². The lowest BCUT2D eigenvalue weighted by Crippen LogP contribution is -2.21. The molecule has 6 heteroatoms. The number of carbonyl (C=O) groups excluding carboxylic acids is 2. The number of aromatic nitrogens is 3. The maximum atomic E-state index is 13.3. The van der Waals surface area contributed by atoms with Gasteiger partial charge in [0, 0.05) is 34.4 Å². The highest BCUT2D eigenvalue weighted by Crippen LogP contribution is 2.27. The van der Waals surface area contributed by atoms with Crippen molar-refractivity contribution < 1.29 is 14.3 Å². The normalized spacial score (nSPS) is 11.9. The molecule has 2 heterocycles. The number of ketones is 1. The number of hydrogen-bond donors (Lipinski definition) is 1. The van der Waals surface area contributed by atoms with Gasteiger partial charge in [-0.15, -0.1) is 0 Å². The van der Waals surface area contributed by atoms with Gasteiger partial charge in [-0.3, -0.25) is 4.79 Å². The van der Waals surface area contributed by atoms with Crippen LogP contribution < -0.4 is 0 Å². The third kappa shape index (κ3) is 3.40. The number of para-hydroxylation sites is 1. The molecule has 0 radical (unpaired) electrons. The minimum Gasteiger partial charge on any atom is -0.444 e. The number of aryl methyl sites for hydroxylation is 1. The number of aromatic amines is 1. The second-order valence-corrected chi connectivity index (χ2v) is 6.30. The summed E-state index contributed by atoms with van der Waals surface area (Å²) in [6, 6.07) is 17.9. The van der Waals surface area contributed by atoms with E-state index in [1.54, 1.807) is 37.4 Å². The van der Waals surface area contributed by atoms with Crippen LogP contribution in [0.2, 0.25) is 0 Å². The molecule has 6 nitrogen and oxygen atoms in total. The van der Waals surface area contributed by atoms with E-state index in [-0.39, 0.29) is 11.5 Å². The van der Waals surface area contributed by atoms with Crippen LogP contribution in [0.4, 0.5) is 0 Å². The first-order valence-corrected chi connectivity index (χ1v) is 8.79. The average Bonchev–Trinajstić information content (AvgIpc) is 3.16. The van der Waals surface area contributed by atoms with E-state index in [2.05, 4.69) is 15.0 Å². The molecule has 28 heavy (non-hydrogen) atoms. The van der Waals surface area contributed by atoms with E-state index < -0.39 is 12.1 Å². The SMILES string of the molecule is Cc1nccc(C(=O)O[C@H](C(=O)c2c[nH]c3ccccc23)c2ccccc2)n1. The number of carbonyl (C=O) groups is 2. The first-order valence-electron chi connectivity index (χ1n) is 8.79. The van der Waals surface area contributed by atoms with Crippen LogP contribution >= 0.6 is 0 Å². The monoisotopic (exact) mass is 371 g/mol. The topological polar surface area (TPSA) is 84.9 Å². The lowest BCUT2D eigenvalue weighted by molar-refractivity contribution is 0.0274. The Labute approximate surface area is 161 Å². The average molecular weight is 371 g/mol. The van der Waals surface area contributed by atoms with Crippen molar-refractivity contribution in [3.05, 3.63) is 95.7 Å². The minimum atomic E-state index is -1.08. The van der Waals surface area contributed by atoms with Crippen molar-refractivity contribution in [3.63, 3.8) is 0 Å². The van der Waals surface area contributed by atoms with Crippen molar-refractivity contribution in [2.75, 3.05) is 0 Å². The molecule has 0 bridgehead atoms. The van der Waals surface area contributed by atoms with Crippen LogP contribution in [0.3, 0.4) is 0 Å². The molecule has 0 spiro atoms. The molecule has 0 saturated heterocycles. The molecular formula is C22H17N3O3. The van der Waals surface area contributed by atoms with Crippen LogP contribution in [0.1, 0.15) is 38.3 Å². The molecule has 0 aliphatic carbocycles. The van der Waals surface area contributed by atoms with E-state index in [0.717, 1.165) is 10.9 Å². The molecule has 0 amide bonds. The van der Waals surface area contributed by atoms with Gasteiger partial charge in [0.05, 0.1) is 0 Å². The third-order valence-electron chi connectivity index (χ3n) is 4.41. The third-order valence-corrected chi connectivity index (χ3v) is 4.41. The van der Waals surface area contributed by atoms with Gasteiger partial charge < -0.3 is 9.72 Å². The quantitative estimate of drug-likeness (QED) is 0.423. The molecule has 1 atom stereocenters. The summed E-state index contributed by atoms with van der Waals surface area (Å²) in [6.45, 7) is 1.68. The highest BCUT2D eigenvalue weighted by Gasteiger charge is 2.29. The van der Waals surface area contributed by atoms with Crippen molar-refractivity contribution in [1.29, 1.82) is 0 Å². The van der Waals surface area contributed by atoms with Gasteiger partial charge >= 0.3 is 5.97 Å². The summed E-state index contributed by atoms with van der Waals surface area (Å²) in [7, 11) is 0. The van der Waals surface area contributed by atoms with Crippen molar-refractivity contribution in [1.82, 2.24) is 15.0 Å². The van der Waals surface area contributed by atoms with Crippen molar-refractivity contribution >= 4 is 22.7 Å². The smallest absolute Gasteiger partial charge is 0.358 e. The number of ether oxygens (including phenoxy) is 1. The van der Waals surface area contributed by atoms with E-state index in [9.17, 15) is 9.59 Å². The zero-order valence-corrected chi connectivity index (χ0v) is 15.1. The lowest BCUT2D eigenvalue weighted by atomic mass is 9.99. The molecule has 0 unspecified atom stereocenters. The number of H-pyrrole nitrogens is 1. The number of nitrogens with zero attached hydrogens (tertiary/aromatic N) is 2. The predicted octanol–water partition coefficient (Wildman–Crippen LogP) is 4.05. The number of rotatable bonds is 5. The Balaban J connectivity index is 1.72. The Kier molecular flexibility index (Phi) is 4.68. The molecule has 4 aromatic rings. The molecule has 0 fully saturated rings. The zero-order valence-electron chi connectivity index (χ0n) is 15.1. The lowest BCUT2D eigenvalue weighted by Gasteiger charge is -2.17. The molecule has 0 aliphatic heterocycles. The molecule has 4 rings (SSSR count). The molecule has 0 aliphatic rings. The second-order valence-electron chi connectivity index (χ2n) is 6.30. The Morgan fingerprint density at radius 1 is 1.00 bits per heavy atom. The fraction of sp³-hybridized carbons (Fsp3) is 0.0909.